The third-order valence-electron chi connectivity index (χ3n) is 10.5. The number of allylic oxidation sites excluding steroid dienone is 1. The van der Waals surface area contributed by atoms with Crippen molar-refractivity contribution in [3.05, 3.63) is 35.3 Å². The summed E-state index contributed by atoms with van der Waals surface area (Å²) in [5.74, 6) is -4.74. The van der Waals surface area contributed by atoms with Crippen LogP contribution in [-0.2, 0) is 33.4 Å². The van der Waals surface area contributed by atoms with Crippen LogP contribution in [0, 0.1) is 39.9 Å². The molecule has 0 aromatic carbocycles. The van der Waals surface area contributed by atoms with Gasteiger partial charge in [-0.15, -0.1) is 0 Å². The van der Waals surface area contributed by atoms with E-state index < -0.39 is 64.2 Å². The van der Waals surface area contributed by atoms with E-state index in [1.165, 1.54) is 7.11 Å². The van der Waals surface area contributed by atoms with E-state index in [4.69, 9.17) is 18.6 Å². The lowest BCUT2D eigenvalue weighted by Gasteiger charge is -2.64. The van der Waals surface area contributed by atoms with Gasteiger partial charge in [0, 0.05) is 28.2 Å². The molecule has 4 aliphatic rings. The molecule has 1 N–H and O–H groups in total. The summed E-state index contributed by atoms with van der Waals surface area (Å²) in [6, 6.07) is 1.80. The van der Waals surface area contributed by atoms with E-state index in [9.17, 15) is 24.3 Å². The number of Topliss-reactive ketones (excluding diaryl/α,β-unsaturated/α-hetero) is 1. The van der Waals surface area contributed by atoms with Crippen LogP contribution in [0.4, 0.5) is 0 Å². The van der Waals surface area contributed by atoms with E-state index in [1.54, 1.807) is 32.4 Å². The van der Waals surface area contributed by atoms with Gasteiger partial charge in [-0.2, -0.15) is 0 Å². The number of aliphatic hydroxyl groups is 1. The molecule has 1 aromatic heterocycles. The molecule has 3 fully saturated rings. The highest BCUT2D eigenvalue weighted by atomic mass is 16.6. The molecule has 0 amide bonds. The van der Waals surface area contributed by atoms with Crippen LogP contribution in [0.2, 0.25) is 0 Å². The van der Waals surface area contributed by atoms with Gasteiger partial charge in [0.15, 0.2) is 6.10 Å². The number of furan rings is 1. The standard InChI is InChI=1S/C31H40O9/c1-15(2)39-27(35)22-18-12-17-19(31(6,25(18)34)24(29(22,3)4)23(33)28(36)37-7)8-10-30(5)20(17)13-21(32)40-26(30)16-9-11-38-14-16/h9,11,14-15,18-19,22-24,26,33H,8,10,12-13H2,1-7H3/t18-,19-,22-,23+,24-,26-,30+,31+/m0/s1. The Labute approximate surface area is 234 Å². The van der Waals surface area contributed by atoms with Crippen molar-refractivity contribution < 1.29 is 42.9 Å². The molecule has 0 radical (unpaired) electrons. The molecule has 218 valence electrons. The summed E-state index contributed by atoms with van der Waals surface area (Å²) in [4.78, 5) is 54.0. The first-order valence-corrected chi connectivity index (χ1v) is 14.1. The quantitative estimate of drug-likeness (QED) is 0.320. The minimum absolute atomic E-state index is 0.0857. The molecule has 9 heteroatoms. The predicted octanol–water partition coefficient (Wildman–Crippen LogP) is 4.33. The van der Waals surface area contributed by atoms with Crippen LogP contribution in [0.1, 0.15) is 78.9 Å². The molecule has 1 saturated heterocycles. The minimum Gasteiger partial charge on any atom is -0.472 e. The maximum absolute atomic E-state index is 14.5. The highest BCUT2D eigenvalue weighted by Crippen LogP contribution is 2.69. The molecule has 0 spiro atoms. The van der Waals surface area contributed by atoms with Crippen molar-refractivity contribution in [3.63, 3.8) is 0 Å². The number of cyclic esters (lactones) is 1. The van der Waals surface area contributed by atoms with Gasteiger partial charge in [0.2, 0.25) is 0 Å². The zero-order valence-electron chi connectivity index (χ0n) is 24.3. The monoisotopic (exact) mass is 556 g/mol. The molecule has 40 heavy (non-hydrogen) atoms. The maximum Gasteiger partial charge on any atom is 0.335 e. The lowest BCUT2D eigenvalue weighted by atomic mass is 9.38. The van der Waals surface area contributed by atoms with E-state index in [-0.39, 0.29) is 24.1 Å². The number of methoxy groups -OCH3 is 1. The molecule has 3 aliphatic carbocycles. The molecule has 0 unspecified atom stereocenters. The Morgan fingerprint density at radius 2 is 1.85 bits per heavy atom. The van der Waals surface area contributed by atoms with Crippen molar-refractivity contribution in [2.24, 2.45) is 39.9 Å². The average Bonchev–Trinajstić information content (AvgIpc) is 3.40. The Kier molecular flexibility index (Phi) is 6.84. The molecule has 9 nitrogen and oxygen atoms in total. The van der Waals surface area contributed by atoms with Crippen molar-refractivity contribution in [1.82, 2.24) is 0 Å². The molecule has 8 atom stereocenters. The zero-order chi connectivity index (χ0) is 29.4. The lowest BCUT2D eigenvalue weighted by Crippen LogP contribution is -2.68. The Morgan fingerprint density at radius 1 is 1.15 bits per heavy atom. The SMILES string of the molecule is COC(=O)[C@H](O)[C@H]1C(C)(C)[C@H](C(=O)OC(C)C)[C@@H]2CC3=C4CC(=O)O[C@@H](c5ccoc5)[C@]4(C)CC[C@@H]3[C@@]1(C)C2=O. The van der Waals surface area contributed by atoms with Crippen LogP contribution in [0.3, 0.4) is 0 Å². The highest BCUT2D eigenvalue weighted by molar-refractivity contribution is 5.96. The molecular weight excluding hydrogens is 516 g/mol. The Bertz CT molecular complexity index is 1260. The number of hydrogen-bond acceptors (Lipinski definition) is 9. The Hall–Kier alpha value is -2.94. The summed E-state index contributed by atoms with van der Waals surface area (Å²) in [5.41, 5.74) is -0.0275. The van der Waals surface area contributed by atoms with Gasteiger partial charge in [-0.05, 0) is 56.1 Å². The Balaban J connectivity index is 1.72. The fourth-order valence-corrected chi connectivity index (χ4v) is 8.98. The number of carbonyl (C=O) groups excluding carboxylic acids is 4. The summed E-state index contributed by atoms with van der Waals surface area (Å²) in [6.07, 6.45) is 2.19. The van der Waals surface area contributed by atoms with E-state index in [0.717, 1.165) is 16.7 Å². The molecule has 1 aromatic rings. The van der Waals surface area contributed by atoms with Crippen LogP contribution in [-0.4, -0.2) is 48.1 Å². The fourth-order valence-electron chi connectivity index (χ4n) is 8.98. The number of ether oxygens (including phenoxy) is 3. The first-order chi connectivity index (χ1) is 18.7. The number of esters is 3. The largest absolute Gasteiger partial charge is 0.472 e. The summed E-state index contributed by atoms with van der Waals surface area (Å²) in [5, 5.41) is 11.5. The minimum atomic E-state index is -1.63. The number of rotatable bonds is 5. The summed E-state index contributed by atoms with van der Waals surface area (Å²) < 4.78 is 21.8. The first-order valence-electron chi connectivity index (χ1n) is 14.1. The van der Waals surface area contributed by atoms with Crippen LogP contribution in [0.15, 0.2) is 34.2 Å². The van der Waals surface area contributed by atoms with E-state index >= 15 is 0 Å². The van der Waals surface area contributed by atoms with E-state index in [2.05, 4.69) is 6.92 Å². The van der Waals surface area contributed by atoms with E-state index in [0.29, 0.717) is 19.3 Å². The van der Waals surface area contributed by atoms with Gasteiger partial charge < -0.3 is 23.7 Å². The summed E-state index contributed by atoms with van der Waals surface area (Å²) in [6.45, 7) is 11.1. The third-order valence-corrected chi connectivity index (χ3v) is 10.5. The maximum atomic E-state index is 14.5. The van der Waals surface area contributed by atoms with Crippen molar-refractivity contribution in [2.45, 2.75) is 85.5 Å². The van der Waals surface area contributed by atoms with Crippen molar-refractivity contribution in [1.29, 1.82) is 0 Å². The van der Waals surface area contributed by atoms with Gasteiger partial charge in [-0.25, -0.2) is 4.79 Å². The second kappa shape index (κ2) is 9.57. The smallest absolute Gasteiger partial charge is 0.335 e. The number of fused-ring (bicyclic) bond motifs is 5. The van der Waals surface area contributed by atoms with Gasteiger partial charge in [-0.3, -0.25) is 14.4 Å². The number of hydrogen-bond donors (Lipinski definition) is 1. The van der Waals surface area contributed by atoms with Gasteiger partial charge in [0.1, 0.15) is 11.9 Å². The van der Waals surface area contributed by atoms with Gasteiger partial charge in [0.05, 0.1) is 38.1 Å². The van der Waals surface area contributed by atoms with Gasteiger partial charge in [0.25, 0.3) is 0 Å². The summed E-state index contributed by atoms with van der Waals surface area (Å²) >= 11 is 0. The van der Waals surface area contributed by atoms with Crippen LogP contribution >= 0.6 is 0 Å². The van der Waals surface area contributed by atoms with Crippen molar-refractivity contribution in [2.75, 3.05) is 7.11 Å². The van der Waals surface area contributed by atoms with Crippen molar-refractivity contribution >= 4 is 23.7 Å². The topological polar surface area (TPSA) is 129 Å². The van der Waals surface area contributed by atoms with Gasteiger partial charge >= 0.3 is 17.9 Å². The molecule has 1 aliphatic heterocycles. The zero-order valence-corrected chi connectivity index (χ0v) is 24.3. The molecule has 2 bridgehead atoms. The summed E-state index contributed by atoms with van der Waals surface area (Å²) in [7, 11) is 1.20. The second-order valence-corrected chi connectivity index (χ2v) is 13.3. The number of aliphatic hydroxyl groups excluding tert-OH is 1. The van der Waals surface area contributed by atoms with Crippen LogP contribution in [0.5, 0.6) is 0 Å². The molecular formula is C31H40O9. The van der Waals surface area contributed by atoms with Gasteiger partial charge in [-0.1, -0.05) is 33.3 Å². The van der Waals surface area contributed by atoms with E-state index in [1.807, 2.05) is 20.8 Å². The first kappa shape index (κ1) is 28.6. The molecule has 2 heterocycles. The normalized spacial score (nSPS) is 37.3. The lowest BCUT2D eigenvalue weighted by molar-refractivity contribution is -0.203. The molecule has 5 rings (SSSR count). The number of ketones is 1. The third kappa shape index (κ3) is 3.90. The number of carbonyl (C=O) groups is 4. The van der Waals surface area contributed by atoms with Crippen molar-refractivity contribution in [3.8, 4) is 0 Å². The predicted molar refractivity (Wildman–Crippen MR) is 141 cm³/mol. The highest BCUT2D eigenvalue weighted by Gasteiger charge is 2.71. The second-order valence-electron chi connectivity index (χ2n) is 13.3. The average molecular weight is 557 g/mol. The van der Waals surface area contributed by atoms with Crippen LogP contribution in [0.25, 0.3) is 0 Å². The molecule has 2 saturated carbocycles. The van der Waals surface area contributed by atoms with Crippen LogP contribution < -0.4 is 0 Å². The Morgan fingerprint density at radius 3 is 2.45 bits per heavy atom. The fraction of sp³-hybridized carbons (Fsp3) is 0.677.